The SMILES string of the molecule is CC1(C)OC(=O)C(=Cc2cn(Cc3cn(-c4ccc([N+](=O)[O-])cc4)nn3)c3ncccc23)C(=O)O1. The fourth-order valence-corrected chi connectivity index (χ4v) is 3.72. The van der Waals surface area contributed by atoms with Gasteiger partial charge in [0, 0.05) is 49.3 Å². The Morgan fingerprint density at radius 2 is 1.80 bits per heavy atom. The minimum Gasteiger partial charge on any atom is -0.419 e. The minimum absolute atomic E-state index is 0.0186. The van der Waals surface area contributed by atoms with Crippen LogP contribution in [0.2, 0.25) is 0 Å². The molecule has 4 aromatic rings. The number of carbonyl (C=O) groups is 2. The zero-order chi connectivity index (χ0) is 24.7. The molecule has 0 spiro atoms. The number of fused-ring (bicyclic) bond motifs is 1. The van der Waals surface area contributed by atoms with Crippen molar-refractivity contribution >= 4 is 34.7 Å². The van der Waals surface area contributed by atoms with E-state index in [1.54, 1.807) is 36.8 Å². The van der Waals surface area contributed by atoms with Crippen molar-refractivity contribution < 1.29 is 24.0 Å². The van der Waals surface area contributed by atoms with Crippen LogP contribution < -0.4 is 0 Å². The summed E-state index contributed by atoms with van der Waals surface area (Å²) in [6, 6.07) is 9.52. The standard InChI is InChI=1S/C23H18N6O6/c1-23(2)34-21(30)19(22(31)35-23)10-14-11-27(20-18(14)4-3-9-24-20)12-15-13-28(26-25-15)16-5-7-17(8-6-16)29(32)33/h3-11,13H,12H2,1-2H3. The zero-order valence-electron chi connectivity index (χ0n) is 18.6. The molecule has 0 N–H and O–H groups in total. The van der Waals surface area contributed by atoms with Crippen molar-refractivity contribution in [2.24, 2.45) is 0 Å². The lowest BCUT2D eigenvalue weighted by atomic mass is 10.1. The molecule has 1 aliphatic heterocycles. The van der Waals surface area contributed by atoms with Crippen LogP contribution in [0.3, 0.4) is 0 Å². The highest BCUT2D eigenvalue weighted by Gasteiger charge is 2.39. The molecule has 3 aromatic heterocycles. The number of hydrogen-bond donors (Lipinski definition) is 0. The van der Waals surface area contributed by atoms with E-state index in [4.69, 9.17) is 9.47 Å². The summed E-state index contributed by atoms with van der Waals surface area (Å²) >= 11 is 0. The average molecular weight is 474 g/mol. The largest absolute Gasteiger partial charge is 0.419 e. The first-order valence-electron chi connectivity index (χ1n) is 10.5. The highest BCUT2D eigenvalue weighted by Crippen LogP contribution is 2.27. The van der Waals surface area contributed by atoms with Crippen molar-refractivity contribution in [1.82, 2.24) is 24.5 Å². The molecule has 12 nitrogen and oxygen atoms in total. The Hall–Kier alpha value is -4.87. The van der Waals surface area contributed by atoms with E-state index >= 15 is 0 Å². The predicted molar refractivity (Wildman–Crippen MR) is 121 cm³/mol. The van der Waals surface area contributed by atoms with Crippen molar-refractivity contribution in [2.45, 2.75) is 26.2 Å². The number of carbonyl (C=O) groups excluding carboxylic acids is 2. The van der Waals surface area contributed by atoms with Gasteiger partial charge < -0.3 is 14.0 Å². The zero-order valence-corrected chi connectivity index (χ0v) is 18.6. The van der Waals surface area contributed by atoms with Gasteiger partial charge in [-0.25, -0.2) is 19.3 Å². The lowest BCUT2D eigenvalue weighted by Crippen LogP contribution is -2.41. The molecule has 4 heterocycles. The van der Waals surface area contributed by atoms with Crippen LogP contribution in [0.4, 0.5) is 5.69 Å². The Labute approximate surface area is 197 Å². The number of cyclic esters (lactones) is 2. The van der Waals surface area contributed by atoms with Gasteiger partial charge in [-0.3, -0.25) is 10.1 Å². The van der Waals surface area contributed by atoms with Gasteiger partial charge in [0.25, 0.3) is 11.5 Å². The first-order valence-corrected chi connectivity index (χ1v) is 10.5. The highest BCUT2D eigenvalue weighted by atomic mass is 16.7. The molecule has 0 radical (unpaired) electrons. The Morgan fingerprint density at radius 1 is 1.09 bits per heavy atom. The van der Waals surface area contributed by atoms with Crippen LogP contribution >= 0.6 is 0 Å². The van der Waals surface area contributed by atoms with Crippen LogP contribution in [0.15, 0.2) is 60.6 Å². The van der Waals surface area contributed by atoms with Crippen molar-refractivity contribution in [2.75, 3.05) is 0 Å². The Morgan fingerprint density at radius 3 is 2.49 bits per heavy atom. The number of nitro groups is 1. The summed E-state index contributed by atoms with van der Waals surface area (Å²) in [4.78, 5) is 39.6. The molecule has 1 aliphatic rings. The molecule has 5 rings (SSSR count). The van der Waals surface area contributed by atoms with Crippen LogP contribution in [0.1, 0.15) is 25.1 Å². The monoisotopic (exact) mass is 474 g/mol. The van der Waals surface area contributed by atoms with Gasteiger partial charge in [-0.2, -0.15) is 0 Å². The number of rotatable bonds is 5. The second-order valence-electron chi connectivity index (χ2n) is 8.25. The third-order valence-electron chi connectivity index (χ3n) is 5.28. The quantitative estimate of drug-likeness (QED) is 0.140. The topological polar surface area (TPSA) is 144 Å². The van der Waals surface area contributed by atoms with Crippen molar-refractivity contribution in [1.29, 1.82) is 0 Å². The van der Waals surface area contributed by atoms with Crippen LogP contribution in [-0.4, -0.2) is 47.2 Å². The fraction of sp³-hybridized carbons (Fsp3) is 0.174. The number of benzene rings is 1. The molecule has 0 aliphatic carbocycles. The maximum atomic E-state index is 12.4. The minimum atomic E-state index is -1.32. The first-order chi connectivity index (χ1) is 16.7. The Balaban J connectivity index is 1.45. The van der Waals surface area contributed by atoms with Crippen molar-refractivity contribution in [3.8, 4) is 5.69 Å². The van der Waals surface area contributed by atoms with Crippen LogP contribution in [0.5, 0.6) is 0 Å². The van der Waals surface area contributed by atoms with Gasteiger partial charge >= 0.3 is 11.9 Å². The molecule has 12 heteroatoms. The summed E-state index contributed by atoms with van der Waals surface area (Å²) in [5, 5.41) is 19.9. The maximum absolute atomic E-state index is 12.4. The number of pyridine rings is 1. The average Bonchev–Trinajstić information content (AvgIpc) is 3.41. The van der Waals surface area contributed by atoms with E-state index in [1.165, 1.54) is 36.7 Å². The molecule has 1 aromatic carbocycles. The summed E-state index contributed by atoms with van der Waals surface area (Å²) in [6.07, 6.45) is 6.51. The molecule has 0 saturated carbocycles. The second kappa shape index (κ2) is 8.17. The van der Waals surface area contributed by atoms with E-state index in [1.807, 2.05) is 10.6 Å². The van der Waals surface area contributed by atoms with E-state index in [0.29, 0.717) is 34.5 Å². The van der Waals surface area contributed by atoms with E-state index in [2.05, 4.69) is 15.3 Å². The first kappa shape index (κ1) is 21.9. The molecule has 0 bridgehead atoms. The molecule has 1 saturated heterocycles. The molecule has 176 valence electrons. The molecular weight excluding hydrogens is 456 g/mol. The second-order valence-corrected chi connectivity index (χ2v) is 8.25. The molecule has 0 unspecified atom stereocenters. The van der Waals surface area contributed by atoms with Gasteiger partial charge in [0.1, 0.15) is 16.9 Å². The lowest BCUT2D eigenvalue weighted by molar-refractivity contribution is -0.384. The lowest BCUT2D eigenvalue weighted by Gasteiger charge is -2.29. The number of nitro benzene ring substituents is 1. The van der Waals surface area contributed by atoms with Gasteiger partial charge in [-0.15, -0.1) is 5.10 Å². The van der Waals surface area contributed by atoms with Crippen LogP contribution in [-0.2, 0) is 25.6 Å². The number of aromatic nitrogens is 5. The molecule has 0 atom stereocenters. The van der Waals surface area contributed by atoms with Crippen LogP contribution in [0, 0.1) is 10.1 Å². The van der Waals surface area contributed by atoms with Gasteiger partial charge in [0.15, 0.2) is 0 Å². The summed E-state index contributed by atoms with van der Waals surface area (Å²) in [5.41, 5.74) is 2.18. The van der Waals surface area contributed by atoms with Crippen molar-refractivity contribution in [3.05, 3.63) is 81.9 Å². The summed E-state index contributed by atoms with van der Waals surface area (Å²) in [6.45, 7) is 3.27. The summed E-state index contributed by atoms with van der Waals surface area (Å²) < 4.78 is 13.7. The van der Waals surface area contributed by atoms with Gasteiger partial charge in [-0.05, 0) is 30.3 Å². The summed E-state index contributed by atoms with van der Waals surface area (Å²) in [7, 11) is 0. The maximum Gasteiger partial charge on any atom is 0.348 e. The van der Waals surface area contributed by atoms with E-state index in [9.17, 15) is 19.7 Å². The van der Waals surface area contributed by atoms with E-state index < -0.39 is 22.6 Å². The molecule has 1 fully saturated rings. The number of ether oxygens (including phenoxy) is 2. The third-order valence-corrected chi connectivity index (χ3v) is 5.28. The predicted octanol–water partition coefficient (Wildman–Crippen LogP) is 2.79. The van der Waals surface area contributed by atoms with Gasteiger partial charge in [-0.1, -0.05) is 5.21 Å². The van der Waals surface area contributed by atoms with Gasteiger partial charge in [0.2, 0.25) is 0 Å². The Bertz CT molecular complexity index is 1490. The molecule has 35 heavy (non-hydrogen) atoms. The normalized spacial score (nSPS) is 15.1. The summed E-state index contributed by atoms with van der Waals surface area (Å²) in [5.74, 6) is -2.85. The number of non-ortho nitro benzene ring substituents is 1. The van der Waals surface area contributed by atoms with Crippen molar-refractivity contribution in [3.63, 3.8) is 0 Å². The van der Waals surface area contributed by atoms with E-state index in [0.717, 1.165) is 0 Å². The number of nitrogens with zero attached hydrogens (tertiary/aromatic N) is 6. The molecular formula is C23H18N6O6. The molecule has 0 amide bonds. The van der Waals surface area contributed by atoms with Crippen LogP contribution in [0.25, 0.3) is 22.8 Å². The van der Waals surface area contributed by atoms with E-state index in [-0.39, 0.29) is 11.3 Å². The highest BCUT2D eigenvalue weighted by molar-refractivity contribution is 6.19. The number of esters is 2. The fourth-order valence-electron chi connectivity index (χ4n) is 3.72. The smallest absolute Gasteiger partial charge is 0.348 e. The Kier molecular flexibility index (Phi) is 5.12. The third kappa shape index (κ3) is 4.24. The van der Waals surface area contributed by atoms with Gasteiger partial charge in [0.05, 0.1) is 23.4 Å². The number of hydrogen-bond acceptors (Lipinski definition) is 9.